The van der Waals surface area contributed by atoms with Crippen LogP contribution in [-0.4, -0.2) is 17.2 Å². The van der Waals surface area contributed by atoms with Crippen LogP contribution in [0.15, 0.2) is 12.2 Å². The summed E-state index contributed by atoms with van der Waals surface area (Å²) in [6.07, 6.45) is 2.83. The van der Waals surface area contributed by atoms with Gasteiger partial charge in [-0.05, 0) is 25.7 Å². The van der Waals surface area contributed by atoms with Crippen LogP contribution in [0.4, 0.5) is 4.79 Å². The molecule has 0 heterocycles. The van der Waals surface area contributed by atoms with Gasteiger partial charge in [-0.25, -0.2) is 4.79 Å². The van der Waals surface area contributed by atoms with Crippen LogP contribution in [0.5, 0.6) is 0 Å². The fourth-order valence-corrected chi connectivity index (χ4v) is 1.35. The molecule has 0 spiro atoms. The number of hydrogen-bond donors (Lipinski definition) is 2. The molecule has 0 aromatic rings. The van der Waals surface area contributed by atoms with Gasteiger partial charge >= 0.3 is 6.09 Å². The first-order valence-corrected chi connectivity index (χ1v) is 3.84. The second-order valence-electron chi connectivity index (χ2n) is 2.97. The van der Waals surface area contributed by atoms with Gasteiger partial charge < -0.3 is 10.4 Å². The number of carbonyl (C=O) groups is 1. The van der Waals surface area contributed by atoms with Crippen molar-refractivity contribution in [1.82, 2.24) is 5.32 Å². The molecule has 3 heteroatoms. The van der Waals surface area contributed by atoms with E-state index < -0.39 is 6.09 Å². The van der Waals surface area contributed by atoms with Crippen molar-refractivity contribution >= 4 is 6.09 Å². The van der Waals surface area contributed by atoms with E-state index in [9.17, 15) is 4.79 Å². The molecule has 3 nitrogen and oxygen atoms in total. The standard InChI is InChI=1S/C8H13NO2/c1-6-2-4-7(5-3-6)9-8(10)11/h7,9H,1-5H2,(H,10,11). The van der Waals surface area contributed by atoms with Crippen molar-refractivity contribution in [3.05, 3.63) is 12.2 Å². The Labute approximate surface area is 66.1 Å². The minimum Gasteiger partial charge on any atom is -0.465 e. The Kier molecular flexibility index (Phi) is 2.52. The molecule has 0 radical (unpaired) electrons. The Morgan fingerprint density at radius 2 is 2.09 bits per heavy atom. The molecule has 11 heavy (non-hydrogen) atoms. The first kappa shape index (κ1) is 8.11. The topological polar surface area (TPSA) is 49.3 Å². The van der Waals surface area contributed by atoms with E-state index in [0.29, 0.717) is 0 Å². The minimum absolute atomic E-state index is 0.151. The fourth-order valence-electron chi connectivity index (χ4n) is 1.35. The average Bonchev–Trinajstić information content (AvgIpc) is 1.93. The molecular weight excluding hydrogens is 142 g/mol. The Balaban J connectivity index is 2.28. The molecule has 1 amide bonds. The molecule has 1 saturated carbocycles. The number of hydrogen-bond acceptors (Lipinski definition) is 1. The van der Waals surface area contributed by atoms with E-state index in [4.69, 9.17) is 5.11 Å². The summed E-state index contributed by atoms with van der Waals surface area (Å²) in [5, 5.41) is 10.9. The van der Waals surface area contributed by atoms with Gasteiger partial charge in [0.25, 0.3) is 0 Å². The predicted octanol–water partition coefficient (Wildman–Crippen LogP) is 1.75. The van der Waals surface area contributed by atoms with Crippen molar-refractivity contribution in [1.29, 1.82) is 0 Å². The van der Waals surface area contributed by atoms with Crippen LogP contribution in [0.2, 0.25) is 0 Å². The van der Waals surface area contributed by atoms with Crippen molar-refractivity contribution in [2.24, 2.45) is 0 Å². The Bertz CT molecular complexity index is 167. The van der Waals surface area contributed by atoms with Crippen LogP contribution in [0.1, 0.15) is 25.7 Å². The van der Waals surface area contributed by atoms with Crippen LogP contribution in [0.3, 0.4) is 0 Å². The van der Waals surface area contributed by atoms with Gasteiger partial charge in [-0.1, -0.05) is 12.2 Å². The lowest BCUT2D eigenvalue weighted by molar-refractivity contribution is 0.187. The quantitative estimate of drug-likeness (QED) is 0.567. The molecule has 0 aromatic heterocycles. The summed E-state index contributed by atoms with van der Waals surface area (Å²) in [5.74, 6) is 0. The molecular formula is C8H13NO2. The first-order chi connectivity index (χ1) is 5.18. The molecule has 2 N–H and O–H groups in total. The molecule has 0 saturated heterocycles. The molecule has 62 valence electrons. The van der Waals surface area contributed by atoms with E-state index in [2.05, 4.69) is 11.9 Å². The van der Waals surface area contributed by atoms with Gasteiger partial charge in [-0.2, -0.15) is 0 Å². The summed E-state index contributed by atoms with van der Waals surface area (Å²) < 4.78 is 0. The van der Waals surface area contributed by atoms with Gasteiger partial charge in [-0.15, -0.1) is 0 Å². The molecule has 0 unspecified atom stereocenters. The maximum absolute atomic E-state index is 10.2. The summed E-state index contributed by atoms with van der Waals surface area (Å²) in [5.41, 5.74) is 1.24. The van der Waals surface area contributed by atoms with E-state index in [1.807, 2.05) is 0 Å². The highest BCUT2D eigenvalue weighted by molar-refractivity contribution is 5.64. The maximum Gasteiger partial charge on any atom is 0.404 e. The summed E-state index contributed by atoms with van der Waals surface area (Å²) >= 11 is 0. The second kappa shape index (κ2) is 3.42. The molecule has 0 atom stereocenters. The number of nitrogens with one attached hydrogen (secondary N) is 1. The van der Waals surface area contributed by atoms with E-state index in [1.54, 1.807) is 0 Å². The smallest absolute Gasteiger partial charge is 0.404 e. The third-order valence-corrected chi connectivity index (χ3v) is 2.02. The average molecular weight is 155 g/mol. The third kappa shape index (κ3) is 2.62. The SMILES string of the molecule is C=C1CCC(NC(=O)O)CC1. The molecule has 1 rings (SSSR count). The molecule has 1 fully saturated rings. The van der Waals surface area contributed by atoms with Gasteiger partial charge in [0.2, 0.25) is 0 Å². The van der Waals surface area contributed by atoms with Crippen LogP contribution >= 0.6 is 0 Å². The van der Waals surface area contributed by atoms with E-state index >= 15 is 0 Å². The molecule has 0 aliphatic heterocycles. The Hall–Kier alpha value is -0.990. The van der Waals surface area contributed by atoms with Crippen molar-refractivity contribution in [2.45, 2.75) is 31.7 Å². The zero-order chi connectivity index (χ0) is 8.27. The second-order valence-corrected chi connectivity index (χ2v) is 2.97. The van der Waals surface area contributed by atoms with Crippen molar-refractivity contribution < 1.29 is 9.90 Å². The first-order valence-electron chi connectivity index (χ1n) is 3.84. The maximum atomic E-state index is 10.2. The normalized spacial score (nSPS) is 19.8. The zero-order valence-corrected chi connectivity index (χ0v) is 6.47. The van der Waals surface area contributed by atoms with Gasteiger partial charge in [0.1, 0.15) is 0 Å². The van der Waals surface area contributed by atoms with Crippen LogP contribution in [0.25, 0.3) is 0 Å². The summed E-state index contributed by atoms with van der Waals surface area (Å²) in [4.78, 5) is 10.2. The summed E-state index contributed by atoms with van der Waals surface area (Å²) in [6, 6.07) is 0.151. The lowest BCUT2D eigenvalue weighted by atomic mass is 9.92. The number of allylic oxidation sites excluding steroid dienone is 1. The summed E-state index contributed by atoms with van der Waals surface area (Å²) in [7, 11) is 0. The van der Waals surface area contributed by atoms with E-state index in [-0.39, 0.29) is 6.04 Å². The van der Waals surface area contributed by atoms with Gasteiger partial charge in [0, 0.05) is 6.04 Å². The highest BCUT2D eigenvalue weighted by Crippen LogP contribution is 2.21. The number of carboxylic acid groups (broad SMARTS) is 1. The highest BCUT2D eigenvalue weighted by atomic mass is 16.4. The van der Waals surface area contributed by atoms with Gasteiger partial charge in [-0.3, -0.25) is 0 Å². The van der Waals surface area contributed by atoms with Crippen molar-refractivity contribution in [2.75, 3.05) is 0 Å². The van der Waals surface area contributed by atoms with Crippen molar-refractivity contribution in [3.8, 4) is 0 Å². The summed E-state index contributed by atoms with van der Waals surface area (Å²) in [6.45, 7) is 3.85. The van der Waals surface area contributed by atoms with Crippen molar-refractivity contribution in [3.63, 3.8) is 0 Å². The monoisotopic (exact) mass is 155 g/mol. The largest absolute Gasteiger partial charge is 0.465 e. The van der Waals surface area contributed by atoms with Crippen LogP contribution in [0, 0.1) is 0 Å². The zero-order valence-electron chi connectivity index (χ0n) is 6.47. The fraction of sp³-hybridized carbons (Fsp3) is 0.625. The Morgan fingerprint density at radius 1 is 1.55 bits per heavy atom. The molecule has 0 aromatic carbocycles. The minimum atomic E-state index is -0.914. The molecule has 0 bridgehead atoms. The van der Waals surface area contributed by atoms with Gasteiger partial charge in [0.15, 0.2) is 0 Å². The lowest BCUT2D eigenvalue weighted by Crippen LogP contribution is -2.35. The van der Waals surface area contributed by atoms with E-state index in [0.717, 1.165) is 25.7 Å². The molecule has 1 aliphatic carbocycles. The molecule has 1 aliphatic rings. The third-order valence-electron chi connectivity index (χ3n) is 2.02. The van der Waals surface area contributed by atoms with E-state index in [1.165, 1.54) is 5.57 Å². The van der Waals surface area contributed by atoms with Crippen LogP contribution in [-0.2, 0) is 0 Å². The number of amides is 1. The highest BCUT2D eigenvalue weighted by Gasteiger charge is 2.16. The number of rotatable bonds is 1. The lowest BCUT2D eigenvalue weighted by Gasteiger charge is -2.22. The van der Waals surface area contributed by atoms with Gasteiger partial charge in [0.05, 0.1) is 0 Å². The van der Waals surface area contributed by atoms with Crippen LogP contribution < -0.4 is 5.32 Å². The Morgan fingerprint density at radius 3 is 2.55 bits per heavy atom. The predicted molar refractivity (Wildman–Crippen MR) is 42.6 cm³/mol.